The Balaban J connectivity index is 2.46. The van der Waals surface area contributed by atoms with Gasteiger partial charge in [0.25, 0.3) is 0 Å². The normalized spacial score (nSPS) is 27.7. The smallest absolute Gasteiger partial charge is 0.117 e. The van der Waals surface area contributed by atoms with Crippen LogP contribution in [0.2, 0.25) is 5.02 Å². The number of aromatic hydroxyl groups is 1. The molecule has 3 heteroatoms. The third-order valence-corrected chi connectivity index (χ3v) is 3.97. The van der Waals surface area contributed by atoms with Crippen LogP contribution in [-0.2, 0) is 5.41 Å². The second-order valence-corrected chi connectivity index (χ2v) is 5.37. The lowest BCUT2D eigenvalue weighted by Crippen LogP contribution is -2.19. The zero-order chi connectivity index (χ0) is 11.3. The predicted molar refractivity (Wildman–Crippen MR) is 60.3 cm³/mol. The van der Waals surface area contributed by atoms with Gasteiger partial charge in [-0.15, -0.1) is 0 Å². The molecule has 0 radical (unpaired) electrons. The van der Waals surface area contributed by atoms with Crippen molar-refractivity contribution in [3.8, 4) is 5.75 Å². The Morgan fingerprint density at radius 1 is 1.40 bits per heavy atom. The van der Waals surface area contributed by atoms with Crippen LogP contribution in [0.15, 0.2) is 18.2 Å². The van der Waals surface area contributed by atoms with Crippen LogP contribution in [0.3, 0.4) is 0 Å². The predicted octanol–water partition coefficient (Wildman–Crippen LogP) is 2.71. The Morgan fingerprint density at radius 3 is 2.40 bits per heavy atom. The van der Waals surface area contributed by atoms with E-state index in [0.717, 1.165) is 12.0 Å². The molecule has 82 valence electrons. The number of aliphatic hydroxyl groups excluding tert-OH is 1. The van der Waals surface area contributed by atoms with E-state index in [9.17, 15) is 10.2 Å². The molecule has 0 aliphatic heterocycles. The van der Waals surface area contributed by atoms with Gasteiger partial charge < -0.3 is 10.2 Å². The SMILES string of the molecule is CC1(C)CC1(CO)c1ccc(O)cc1Cl. The van der Waals surface area contributed by atoms with Crippen molar-refractivity contribution in [1.29, 1.82) is 0 Å². The van der Waals surface area contributed by atoms with E-state index in [1.807, 2.05) is 6.07 Å². The van der Waals surface area contributed by atoms with E-state index >= 15 is 0 Å². The first kappa shape index (κ1) is 10.8. The molecule has 0 aromatic heterocycles. The second-order valence-electron chi connectivity index (χ2n) is 4.97. The van der Waals surface area contributed by atoms with Crippen LogP contribution in [0.1, 0.15) is 25.8 Å². The van der Waals surface area contributed by atoms with Crippen molar-refractivity contribution in [2.45, 2.75) is 25.7 Å². The number of rotatable bonds is 2. The molecule has 1 aromatic rings. The van der Waals surface area contributed by atoms with Gasteiger partial charge in [0.2, 0.25) is 0 Å². The Bertz CT molecular complexity index is 401. The van der Waals surface area contributed by atoms with Crippen LogP contribution in [0.5, 0.6) is 5.75 Å². The quantitative estimate of drug-likeness (QED) is 0.814. The molecular formula is C12H15ClO2. The molecule has 1 aliphatic rings. The fourth-order valence-corrected chi connectivity index (χ4v) is 2.77. The van der Waals surface area contributed by atoms with E-state index in [2.05, 4.69) is 13.8 Å². The summed E-state index contributed by atoms with van der Waals surface area (Å²) in [7, 11) is 0. The number of halogens is 1. The Hall–Kier alpha value is -0.730. The summed E-state index contributed by atoms with van der Waals surface area (Å²) in [5.74, 6) is 0.162. The van der Waals surface area contributed by atoms with Crippen LogP contribution < -0.4 is 0 Å². The Morgan fingerprint density at radius 2 is 2.00 bits per heavy atom. The molecule has 2 rings (SSSR count). The Labute approximate surface area is 94.5 Å². The number of hydrogen-bond donors (Lipinski definition) is 2. The minimum Gasteiger partial charge on any atom is -0.508 e. The van der Waals surface area contributed by atoms with Gasteiger partial charge in [0.1, 0.15) is 5.75 Å². The fourth-order valence-electron chi connectivity index (χ4n) is 2.42. The maximum Gasteiger partial charge on any atom is 0.117 e. The summed E-state index contributed by atoms with van der Waals surface area (Å²) in [6, 6.07) is 4.96. The highest BCUT2D eigenvalue weighted by Gasteiger charge is 2.62. The number of hydrogen-bond acceptors (Lipinski definition) is 2. The third-order valence-electron chi connectivity index (χ3n) is 3.65. The molecule has 2 N–H and O–H groups in total. The zero-order valence-corrected chi connectivity index (χ0v) is 9.67. The van der Waals surface area contributed by atoms with Crippen molar-refractivity contribution >= 4 is 11.6 Å². The zero-order valence-electron chi connectivity index (χ0n) is 8.92. The lowest BCUT2D eigenvalue weighted by atomic mass is 9.88. The van der Waals surface area contributed by atoms with Crippen molar-refractivity contribution < 1.29 is 10.2 Å². The molecule has 2 nitrogen and oxygen atoms in total. The molecule has 0 saturated heterocycles. The molecule has 1 aliphatic carbocycles. The first-order valence-electron chi connectivity index (χ1n) is 5.03. The van der Waals surface area contributed by atoms with E-state index in [4.69, 9.17) is 11.6 Å². The van der Waals surface area contributed by atoms with Crippen molar-refractivity contribution in [3.63, 3.8) is 0 Å². The van der Waals surface area contributed by atoms with Crippen molar-refractivity contribution in [2.75, 3.05) is 6.61 Å². The van der Waals surface area contributed by atoms with Gasteiger partial charge in [-0.05, 0) is 29.5 Å². The molecule has 1 saturated carbocycles. The van der Waals surface area contributed by atoms with E-state index in [0.29, 0.717) is 5.02 Å². The van der Waals surface area contributed by atoms with Gasteiger partial charge in [-0.25, -0.2) is 0 Å². The van der Waals surface area contributed by atoms with Gasteiger partial charge in [-0.3, -0.25) is 0 Å². The van der Waals surface area contributed by atoms with Gasteiger partial charge in [-0.1, -0.05) is 31.5 Å². The molecule has 15 heavy (non-hydrogen) atoms. The summed E-state index contributed by atoms with van der Waals surface area (Å²) in [5, 5.41) is 19.3. The van der Waals surface area contributed by atoms with Crippen molar-refractivity contribution in [3.05, 3.63) is 28.8 Å². The van der Waals surface area contributed by atoms with Gasteiger partial charge in [0.05, 0.1) is 6.61 Å². The van der Waals surface area contributed by atoms with Gasteiger partial charge in [0, 0.05) is 10.4 Å². The first-order chi connectivity index (χ1) is 6.93. The van der Waals surface area contributed by atoms with Gasteiger partial charge >= 0.3 is 0 Å². The van der Waals surface area contributed by atoms with Crippen LogP contribution in [-0.4, -0.2) is 16.8 Å². The summed E-state index contributed by atoms with van der Waals surface area (Å²) in [6.45, 7) is 4.34. The average molecular weight is 227 g/mol. The minimum atomic E-state index is -0.224. The molecule has 0 spiro atoms. The summed E-state index contributed by atoms with van der Waals surface area (Å²) >= 11 is 6.09. The molecule has 0 amide bonds. The molecule has 0 heterocycles. The van der Waals surface area contributed by atoms with E-state index in [1.54, 1.807) is 6.07 Å². The maximum absolute atomic E-state index is 9.52. The maximum atomic E-state index is 9.52. The highest BCUT2D eigenvalue weighted by atomic mass is 35.5. The molecular weight excluding hydrogens is 212 g/mol. The summed E-state index contributed by atoms with van der Waals surface area (Å²) < 4.78 is 0. The van der Waals surface area contributed by atoms with Crippen LogP contribution >= 0.6 is 11.6 Å². The van der Waals surface area contributed by atoms with Crippen LogP contribution in [0.25, 0.3) is 0 Å². The average Bonchev–Trinajstić information content (AvgIpc) is 2.69. The number of aliphatic hydroxyl groups is 1. The fraction of sp³-hybridized carbons (Fsp3) is 0.500. The molecule has 1 aromatic carbocycles. The van der Waals surface area contributed by atoms with E-state index < -0.39 is 0 Å². The summed E-state index contributed by atoms with van der Waals surface area (Å²) in [4.78, 5) is 0. The molecule has 1 fully saturated rings. The number of benzene rings is 1. The number of phenols is 1. The largest absolute Gasteiger partial charge is 0.508 e. The summed E-state index contributed by atoms with van der Waals surface area (Å²) in [6.07, 6.45) is 0.932. The highest BCUT2D eigenvalue weighted by Crippen LogP contribution is 2.65. The topological polar surface area (TPSA) is 40.5 Å². The monoisotopic (exact) mass is 226 g/mol. The van der Waals surface area contributed by atoms with Crippen molar-refractivity contribution in [1.82, 2.24) is 0 Å². The van der Waals surface area contributed by atoms with E-state index in [1.165, 1.54) is 6.07 Å². The standard InChI is InChI=1S/C12H15ClO2/c1-11(2)6-12(11,7-14)9-4-3-8(15)5-10(9)13/h3-5,14-15H,6-7H2,1-2H3. The van der Waals surface area contributed by atoms with Crippen LogP contribution in [0.4, 0.5) is 0 Å². The van der Waals surface area contributed by atoms with Crippen LogP contribution in [0, 0.1) is 5.41 Å². The molecule has 1 unspecified atom stereocenters. The first-order valence-corrected chi connectivity index (χ1v) is 5.41. The van der Waals surface area contributed by atoms with Gasteiger partial charge in [-0.2, -0.15) is 0 Å². The molecule has 1 atom stereocenters. The van der Waals surface area contributed by atoms with Crippen molar-refractivity contribution in [2.24, 2.45) is 5.41 Å². The third kappa shape index (κ3) is 1.44. The molecule has 0 bridgehead atoms. The minimum absolute atomic E-state index is 0.0857. The van der Waals surface area contributed by atoms with Gasteiger partial charge in [0.15, 0.2) is 0 Å². The second kappa shape index (κ2) is 3.13. The van der Waals surface area contributed by atoms with E-state index in [-0.39, 0.29) is 23.2 Å². The highest BCUT2D eigenvalue weighted by molar-refractivity contribution is 6.31. The lowest BCUT2D eigenvalue weighted by Gasteiger charge is -2.19. The Kier molecular flexibility index (Phi) is 2.25. The summed E-state index contributed by atoms with van der Waals surface area (Å²) in [5.41, 5.74) is 0.801. The lowest BCUT2D eigenvalue weighted by molar-refractivity contribution is 0.231. The number of phenolic OH excluding ortho intramolecular Hbond substituents is 1.